The molecule has 0 unspecified atom stereocenters. The van der Waals surface area contributed by atoms with Crippen LogP contribution in [0, 0.1) is 17.0 Å². The van der Waals surface area contributed by atoms with Gasteiger partial charge in [-0.1, -0.05) is 35.3 Å². The molecule has 0 spiro atoms. The van der Waals surface area contributed by atoms with Gasteiger partial charge < -0.3 is 4.90 Å². The van der Waals surface area contributed by atoms with Crippen LogP contribution in [0.25, 0.3) is 0 Å². The summed E-state index contributed by atoms with van der Waals surface area (Å²) in [6.07, 6.45) is 0.0900. The number of amides is 1. The lowest BCUT2D eigenvalue weighted by atomic mass is 10.1. The fourth-order valence-corrected chi connectivity index (χ4v) is 5.38. The number of rotatable bonds is 5. The van der Waals surface area contributed by atoms with Gasteiger partial charge in [0.05, 0.1) is 16.2 Å². The lowest BCUT2D eigenvalue weighted by Crippen LogP contribution is -2.51. The predicted molar refractivity (Wildman–Crippen MR) is 113 cm³/mol. The molecule has 8 nitrogen and oxygen atoms in total. The average molecular weight is 472 g/mol. The van der Waals surface area contributed by atoms with Crippen molar-refractivity contribution in [3.63, 3.8) is 0 Å². The van der Waals surface area contributed by atoms with Gasteiger partial charge in [0.1, 0.15) is 0 Å². The van der Waals surface area contributed by atoms with E-state index in [-0.39, 0.29) is 49.1 Å². The zero-order valence-corrected chi connectivity index (χ0v) is 18.4. The van der Waals surface area contributed by atoms with Crippen molar-refractivity contribution < 1.29 is 18.1 Å². The number of piperazine rings is 1. The number of aryl methyl sites for hydroxylation is 1. The Labute approximate surface area is 184 Å². The summed E-state index contributed by atoms with van der Waals surface area (Å²) in [7, 11) is -3.91. The highest BCUT2D eigenvalue weighted by Crippen LogP contribution is 2.26. The van der Waals surface area contributed by atoms with Gasteiger partial charge in [-0.3, -0.25) is 14.9 Å². The monoisotopic (exact) mass is 471 g/mol. The molecule has 0 N–H and O–H groups in total. The topological polar surface area (TPSA) is 101 Å². The molecular weight excluding hydrogens is 453 g/mol. The van der Waals surface area contributed by atoms with Crippen LogP contribution in [0.1, 0.15) is 11.1 Å². The van der Waals surface area contributed by atoms with E-state index in [1.165, 1.54) is 16.4 Å². The lowest BCUT2D eigenvalue weighted by molar-refractivity contribution is -0.385. The van der Waals surface area contributed by atoms with Crippen LogP contribution in [-0.2, 0) is 21.2 Å². The van der Waals surface area contributed by atoms with Gasteiger partial charge in [-0.25, -0.2) is 8.42 Å². The minimum atomic E-state index is -3.91. The Morgan fingerprint density at radius 1 is 1.10 bits per heavy atom. The molecular formula is C19H19Cl2N3O5S. The van der Waals surface area contributed by atoms with Crippen LogP contribution in [0.5, 0.6) is 0 Å². The third-order valence-electron chi connectivity index (χ3n) is 4.95. The van der Waals surface area contributed by atoms with Gasteiger partial charge in [-0.2, -0.15) is 4.31 Å². The molecule has 1 fully saturated rings. The summed E-state index contributed by atoms with van der Waals surface area (Å²) in [4.78, 5) is 24.5. The first kappa shape index (κ1) is 22.5. The normalized spacial score (nSPS) is 15.2. The fourth-order valence-electron chi connectivity index (χ4n) is 3.24. The van der Waals surface area contributed by atoms with Crippen molar-refractivity contribution in [1.82, 2.24) is 9.21 Å². The second kappa shape index (κ2) is 8.89. The van der Waals surface area contributed by atoms with E-state index in [9.17, 15) is 23.3 Å². The molecule has 11 heteroatoms. The van der Waals surface area contributed by atoms with Gasteiger partial charge in [-0.05, 0) is 30.2 Å². The molecule has 1 amide bonds. The molecule has 1 aliphatic rings. The maximum atomic E-state index is 13.0. The van der Waals surface area contributed by atoms with Crippen molar-refractivity contribution in [2.75, 3.05) is 26.2 Å². The summed E-state index contributed by atoms with van der Waals surface area (Å²) in [5, 5.41) is 11.9. The van der Waals surface area contributed by atoms with Crippen molar-refractivity contribution >= 4 is 44.8 Å². The molecule has 1 heterocycles. The van der Waals surface area contributed by atoms with Crippen molar-refractivity contribution in [2.24, 2.45) is 0 Å². The molecule has 160 valence electrons. The van der Waals surface area contributed by atoms with Gasteiger partial charge in [0, 0.05) is 48.4 Å². The molecule has 2 aromatic rings. The first-order valence-corrected chi connectivity index (χ1v) is 11.3. The number of nitrogens with zero attached hydrogens (tertiary/aromatic N) is 3. The van der Waals surface area contributed by atoms with Crippen LogP contribution in [0.2, 0.25) is 10.0 Å². The minimum Gasteiger partial charge on any atom is -0.340 e. The van der Waals surface area contributed by atoms with Crippen LogP contribution in [-0.4, -0.2) is 54.6 Å². The van der Waals surface area contributed by atoms with Crippen LogP contribution in [0.3, 0.4) is 0 Å². The summed E-state index contributed by atoms with van der Waals surface area (Å²) in [5.41, 5.74) is 0.789. The average Bonchev–Trinajstić information content (AvgIpc) is 2.70. The number of carbonyl (C=O) groups excluding carboxylic acids is 1. The molecule has 2 aromatic carbocycles. The summed E-state index contributed by atoms with van der Waals surface area (Å²) in [6, 6.07) is 8.67. The maximum absolute atomic E-state index is 13.0. The van der Waals surface area contributed by atoms with Gasteiger partial charge >= 0.3 is 0 Å². The molecule has 0 radical (unpaired) electrons. The third kappa shape index (κ3) is 4.75. The van der Waals surface area contributed by atoms with E-state index in [0.717, 1.165) is 6.07 Å². The second-order valence-electron chi connectivity index (χ2n) is 6.90. The number of non-ortho nitro benzene ring substituents is 1. The van der Waals surface area contributed by atoms with E-state index in [2.05, 4.69) is 0 Å². The molecule has 0 aromatic heterocycles. The highest BCUT2D eigenvalue weighted by molar-refractivity contribution is 7.89. The Morgan fingerprint density at radius 3 is 2.37 bits per heavy atom. The highest BCUT2D eigenvalue weighted by atomic mass is 35.5. The quantitative estimate of drug-likeness (QED) is 0.491. The van der Waals surface area contributed by atoms with Crippen LogP contribution in [0.4, 0.5) is 5.69 Å². The zero-order chi connectivity index (χ0) is 22.1. The fraction of sp³-hybridized carbons (Fsp3) is 0.316. The molecule has 30 heavy (non-hydrogen) atoms. The number of halogens is 2. The van der Waals surface area contributed by atoms with Crippen molar-refractivity contribution in [3.8, 4) is 0 Å². The maximum Gasteiger partial charge on any atom is 0.270 e. The van der Waals surface area contributed by atoms with Crippen molar-refractivity contribution in [2.45, 2.75) is 18.2 Å². The summed E-state index contributed by atoms with van der Waals surface area (Å²) in [5.74, 6) is -0.164. The molecule has 3 rings (SSSR count). The standard InChI is InChI=1S/C19H19Cl2N3O5S/c1-13-2-5-16(24(26)27)12-18(13)30(28,29)23-8-6-22(7-9-23)19(25)10-14-3-4-15(20)11-17(14)21/h2-5,11-12H,6-10H2,1H3. The lowest BCUT2D eigenvalue weighted by Gasteiger charge is -2.34. The van der Waals surface area contributed by atoms with Gasteiger partial charge in [0.2, 0.25) is 15.9 Å². The Hall–Kier alpha value is -2.20. The molecule has 1 saturated heterocycles. The van der Waals surface area contributed by atoms with E-state index in [0.29, 0.717) is 21.2 Å². The van der Waals surface area contributed by atoms with Gasteiger partial charge in [-0.15, -0.1) is 0 Å². The van der Waals surface area contributed by atoms with E-state index in [1.807, 2.05) is 0 Å². The first-order chi connectivity index (χ1) is 14.1. The predicted octanol–water partition coefficient (Wildman–Crippen LogP) is 3.29. The largest absolute Gasteiger partial charge is 0.340 e. The van der Waals surface area contributed by atoms with Crippen LogP contribution in [0.15, 0.2) is 41.3 Å². The van der Waals surface area contributed by atoms with Crippen molar-refractivity contribution in [3.05, 3.63) is 67.7 Å². The van der Waals surface area contributed by atoms with Gasteiger partial charge in [0.25, 0.3) is 5.69 Å². The highest BCUT2D eigenvalue weighted by Gasteiger charge is 2.32. The van der Waals surface area contributed by atoms with Crippen LogP contribution >= 0.6 is 23.2 Å². The Kier molecular flexibility index (Phi) is 6.66. The summed E-state index contributed by atoms with van der Waals surface area (Å²) >= 11 is 12.0. The number of nitro groups is 1. The number of hydrogen-bond acceptors (Lipinski definition) is 5. The zero-order valence-electron chi connectivity index (χ0n) is 16.0. The summed E-state index contributed by atoms with van der Waals surface area (Å²) in [6.45, 7) is 2.23. The number of nitro benzene ring substituents is 1. The van der Waals surface area contributed by atoms with E-state index < -0.39 is 14.9 Å². The smallest absolute Gasteiger partial charge is 0.270 e. The molecule has 1 aliphatic heterocycles. The van der Waals surface area contributed by atoms with Gasteiger partial charge in [0.15, 0.2) is 0 Å². The Morgan fingerprint density at radius 2 is 1.77 bits per heavy atom. The van der Waals surface area contributed by atoms with E-state index >= 15 is 0 Å². The number of hydrogen-bond donors (Lipinski definition) is 0. The molecule has 0 saturated carbocycles. The molecule has 0 atom stereocenters. The molecule has 0 aliphatic carbocycles. The second-order valence-corrected chi connectivity index (χ2v) is 9.65. The Bertz CT molecular complexity index is 1100. The molecule has 0 bridgehead atoms. The van der Waals surface area contributed by atoms with Crippen molar-refractivity contribution in [1.29, 1.82) is 0 Å². The van der Waals surface area contributed by atoms with E-state index in [1.54, 1.807) is 30.0 Å². The summed E-state index contributed by atoms with van der Waals surface area (Å²) < 4.78 is 27.2. The first-order valence-electron chi connectivity index (χ1n) is 9.06. The third-order valence-corrected chi connectivity index (χ3v) is 7.58. The number of carbonyl (C=O) groups is 1. The Balaban J connectivity index is 1.69. The van der Waals surface area contributed by atoms with Crippen LogP contribution < -0.4 is 0 Å². The number of benzene rings is 2. The minimum absolute atomic E-state index is 0.0900. The van der Waals surface area contributed by atoms with E-state index in [4.69, 9.17) is 23.2 Å². The number of sulfonamides is 1. The SMILES string of the molecule is Cc1ccc([N+](=O)[O-])cc1S(=O)(=O)N1CCN(C(=O)Cc2ccc(Cl)cc2Cl)CC1.